The number of H-pyrrole nitrogens is 1. The molecule has 1 aliphatic carbocycles. The van der Waals surface area contributed by atoms with Crippen LogP contribution < -0.4 is 5.32 Å². The number of rotatable bonds is 4. The number of hydrogen-bond donors (Lipinski definition) is 3. The summed E-state index contributed by atoms with van der Waals surface area (Å²) in [5.41, 5.74) is 2.03. The van der Waals surface area contributed by atoms with Gasteiger partial charge in [0.1, 0.15) is 0 Å². The maximum absolute atomic E-state index is 12.0. The number of carbonyl (C=O) groups excluding carboxylic acids is 1. The fraction of sp³-hybridized carbons (Fsp3) is 0.733. The Kier molecular flexibility index (Phi) is 4.48. The summed E-state index contributed by atoms with van der Waals surface area (Å²) in [4.78, 5) is 12.0. The smallest absolute Gasteiger partial charge is 0.224 e. The van der Waals surface area contributed by atoms with Crippen LogP contribution in [0.1, 0.15) is 49.6 Å². The molecule has 1 fully saturated rings. The van der Waals surface area contributed by atoms with Crippen LogP contribution in [-0.4, -0.2) is 33.4 Å². The molecule has 112 valence electrons. The van der Waals surface area contributed by atoms with Gasteiger partial charge in [0.2, 0.25) is 5.91 Å². The van der Waals surface area contributed by atoms with Crippen LogP contribution in [0, 0.1) is 19.8 Å². The van der Waals surface area contributed by atoms with Crippen molar-refractivity contribution in [3.05, 3.63) is 17.0 Å². The minimum atomic E-state index is -0.720. The number of aryl methyl sites for hydroxylation is 2. The average Bonchev–Trinajstić information content (AvgIpc) is 2.72. The Labute approximate surface area is 120 Å². The summed E-state index contributed by atoms with van der Waals surface area (Å²) in [6, 6.07) is 0. The van der Waals surface area contributed by atoms with E-state index in [-0.39, 0.29) is 5.91 Å². The number of amides is 1. The van der Waals surface area contributed by atoms with Crippen LogP contribution in [-0.2, 0) is 11.2 Å². The molecule has 0 radical (unpaired) electrons. The quantitative estimate of drug-likeness (QED) is 0.784. The van der Waals surface area contributed by atoms with Gasteiger partial charge >= 0.3 is 0 Å². The predicted molar refractivity (Wildman–Crippen MR) is 77.4 cm³/mol. The van der Waals surface area contributed by atoms with Crippen molar-refractivity contribution in [2.75, 3.05) is 6.54 Å². The van der Waals surface area contributed by atoms with E-state index in [4.69, 9.17) is 0 Å². The number of hydrogen-bond acceptors (Lipinski definition) is 3. The molecule has 0 bridgehead atoms. The van der Waals surface area contributed by atoms with E-state index in [1.54, 1.807) is 0 Å². The van der Waals surface area contributed by atoms with E-state index in [0.717, 1.165) is 42.6 Å². The van der Waals surface area contributed by atoms with E-state index >= 15 is 0 Å². The van der Waals surface area contributed by atoms with Crippen LogP contribution >= 0.6 is 0 Å². The van der Waals surface area contributed by atoms with Crippen molar-refractivity contribution in [2.45, 2.75) is 58.5 Å². The van der Waals surface area contributed by atoms with Gasteiger partial charge in [0.25, 0.3) is 0 Å². The maximum Gasteiger partial charge on any atom is 0.224 e. The van der Waals surface area contributed by atoms with Crippen molar-refractivity contribution >= 4 is 5.91 Å². The Morgan fingerprint density at radius 3 is 2.65 bits per heavy atom. The summed E-state index contributed by atoms with van der Waals surface area (Å²) in [5.74, 6) is 0.631. The largest absolute Gasteiger partial charge is 0.388 e. The fourth-order valence-electron chi connectivity index (χ4n) is 2.80. The van der Waals surface area contributed by atoms with Gasteiger partial charge in [0, 0.05) is 17.8 Å². The molecule has 1 aromatic rings. The van der Waals surface area contributed by atoms with Crippen molar-refractivity contribution in [3.8, 4) is 0 Å². The zero-order chi connectivity index (χ0) is 14.8. The molecular formula is C15H25N3O2. The molecule has 5 heteroatoms. The van der Waals surface area contributed by atoms with E-state index in [2.05, 4.69) is 22.4 Å². The van der Waals surface area contributed by atoms with Crippen molar-refractivity contribution in [1.82, 2.24) is 15.5 Å². The highest BCUT2D eigenvalue weighted by molar-refractivity contribution is 5.79. The molecule has 0 aromatic carbocycles. The highest BCUT2D eigenvalue weighted by atomic mass is 16.3. The monoisotopic (exact) mass is 279 g/mol. The predicted octanol–water partition coefficient (Wildman–Crippen LogP) is 1.63. The summed E-state index contributed by atoms with van der Waals surface area (Å²) in [5, 5.41) is 20.3. The topological polar surface area (TPSA) is 78.0 Å². The van der Waals surface area contributed by atoms with Gasteiger partial charge in [0.05, 0.1) is 17.7 Å². The molecule has 0 unspecified atom stereocenters. The molecule has 1 heterocycles. The minimum Gasteiger partial charge on any atom is -0.388 e. The summed E-state index contributed by atoms with van der Waals surface area (Å²) < 4.78 is 0. The Bertz CT molecular complexity index is 454. The third-order valence-electron chi connectivity index (χ3n) is 4.44. The second-order valence-corrected chi connectivity index (χ2v) is 6.27. The van der Waals surface area contributed by atoms with E-state index in [1.165, 1.54) is 0 Å². The molecule has 0 saturated heterocycles. The molecule has 5 nitrogen and oxygen atoms in total. The normalized spacial score (nSPS) is 26.5. The lowest BCUT2D eigenvalue weighted by Gasteiger charge is -2.34. The summed E-state index contributed by atoms with van der Waals surface area (Å²) in [6.45, 7) is 6.37. The van der Waals surface area contributed by atoms with Gasteiger partial charge in [0.15, 0.2) is 0 Å². The van der Waals surface area contributed by atoms with Gasteiger partial charge in [-0.1, -0.05) is 6.92 Å². The third-order valence-corrected chi connectivity index (χ3v) is 4.44. The summed E-state index contributed by atoms with van der Waals surface area (Å²) >= 11 is 0. The second-order valence-electron chi connectivity index (χ2n) is 6.27. The molecule has 0 atom stereocenters. The molecular weight excluding hydrogens is 254 g/mol. The number of aliphatic hydroxyl groups is 1. The lowest BCUT2D eigenvalue weighted by Crippen LogP contribution is -2.45. The van der Waals surface area contributed by atoms with E-state index in [9.17, 15) is 9.90 Å². The Morgan fingerprint density at radius 1 is 1.45 bits per heavy atom. The zero-order valence-electron chi connectivity index (χ0n) is 12.6. The lowest BCUT2D eigenvalue weighted by molar-refractivity contribution is -0.122. The first-order chi connectivity index (χ1) is 9.39. The van der Waals surface area contributed by atoms with Crippen LogP contribution in [0.15, 0.2) is 0 Å². The van der Waals surface area contributed by atoms with Crippen LogP contribution in [0.4, 0.5) is 0 Å². The first-order valence-corrected chi connectivity index (χ1v) is 7.39. The third kappa shape index (κ3) is 3.60. The van der Waals surface area contributed by atoms with Crippen molar-refractivity contribution < 1.29 is 9.90 Å². The molecule has 1 aromatic heterocycles. The van der Waals surface area contributed by atoms with E-state index in [1.807, 2.05) is 13.8 Å². The van der Waals surface area contributed by atoms with Crippen LogP contribution in [0.2, 0.25) is 0 Å². The van der Waals surface area contributed by atoms with Gasteiger partial charge in [-0.2, -0.15) is 5.10 Å². The first-order valence-electron chi connectivity index (χ1n) is 7.39. The van der Waals surface area contributed by atoms with Crippen molar-refractivity contribution in [3.63, 3.8) is 0 Å². The van der Waals surface area contributed by atoms with Gasteiger partial charge in [-0.15, -0.1) is 0 Å². The Morgan fingerprint density at radius 2 is 2.10 bits per heavy atom. The number of nitrogens with one attached hydrogen (secondary N) is 2. The molecule has 1 saturated carbocycles. The van der Waals surface area contributed by atoms with Crippen LogP contribution in [0.3, 0.4) is 0 Å². The number of aromatic nitrogens is 2. The first kappa shape index (κ1) is 15.0. The molecule has 2 rings (SSSR count). The van der Waals surface area contributed by atoms with Crippen molar-refractivity contribution in [2.24, 2.45) is 5.92 Å². The zero-order valence-corrected chi connectivity index (χ0v) is 12.6. The Hall–Kier alpha value is -1.36. The van der Waals surface area contributed by atoms with Gasteiger partial charge in [-0.25, -0.2) is 0 Å². The van der Waals surface area contributed by atoms with Gasteiger partial charge < -0.3 is 10.4 Å². The molecule has 0 spiro atoms. The van der Waals surface area contributed by atoms with E-state index in [0.29, 0.717) is 18.9 Å². The average molecular weight is 279 g/mol. The number of aromatic amines is 1. The molecule has 0 aliphatic heterocycles. The minimum absolute atomic E-state index is 0.0513. The van der Waals surface area contributed by atoms with Crippen molar-refractivity contribution in [1.29, 1.82) is 0 Å². The highest BCUT2D eigenvalue weighted by Crippen LogP contribution is 2.31. The van der Waals surface area contributed by atoms with Crippen LogP contribution in [0.5, 0.6) is 0 Å². The standard InChI is InChI=1S/C15H25N3O2/c1-10-4-6-15(20,7-5-10)9-16-14(19)8-13-11(2)17-18-12(13)3/h10,20H,4-9H2,1-3H3,(H,16,19)(H,17,18). The SMILES string of the molecule is Cc1n[nH]c(C)c1CC(=O)NCC1(O)CCC(C)CC1. The second kappa shape index (κ2) is 5.95. The summed E-state index contributed by atoms with van der Waals surface area (Å²) in [7, 11) is 0. The molecule has 1 amide bonds. The van der Waals surface area contributed by atoms with Gasteiger partial charge in [-0.05, 0) is 45.4 Å². The molecule has 1 aliphatic rings. The summed E-state index contributed by atoms with van der Waals surface area (Å²) in [6.07, 6.45) is 3.94. The van der Waals surface area contributed by atoms with Gasteiger partial charge in [-0.3, -0.25) is 9.89 Å². The lowest BCUT2D eigenvalue weighted by atomic mass is 9.79. The Balaban J connectivity index is 1.84. The van der Waals surface area contributed by atoms with Crippen LogP contribution in [0.25, 0.3) is 0 Å². The fourth-order valence-corrected chi connectivity index (χ4v) is 2.80. The maximum atomic E-state index is 12.0. The highest BCUT2D eigenvalue weighted by Gasteiger charge is 2.32. The molecule has 3 N–H and O–H groups in total. The van der Waals surface area contributed by atoms with E-state index < -0.39 is 5.60 Å². The molecule has 20 heavy (non-hydrogen) atoms. The number of carbonyl (C=O) groups is 1. The number of nitrogens with zero attached hydrogens (tertiary/aromatic N) is 1.